The summed E-state index contributed by atoms with van der Waals surface area (Å²) >= 11 is 5.77. The maximum atomic E-state index is 12.0. The number of pyridine rings is 1. The number of aromatic amines is 1. The summed E-state index contributed by atoms with van der Waals surface area (Å²) in [5, 5.41) is 6.31. The summed E-state index contributed by atoms with van der Waals surface area (Å²) in [7, 11) is -3.69. The Morgan fingerprint density at radius 2 is 2.24 bits per heavy atom. The van der Waals surface area contributed by atoms with Crippen molar-refractivity contribution < 1.29 is 8.42 Å². The van der Waals surface area contributed by atoms with Crippen molar-refractivity contribution in [3.63, 3.8) is 0 Å². The standard InChI is InChI=1S/C9H9ClN4O2S/c1-6-8(5-12-13-6)17(15,16)14-7-3-2-4-11-9(7)10/h2-5,14H,1H3,(H,12,13). The number of nitrogens with zero attached hydrogens (tertiary/aromatic N) is 2. The first-order valence-corrected chi connectivity index (χ1v) is 6.50. The van der Waals surface area contributed by atoms with Crippen molar-refractivity contribution in [3.05, 3.63) is 35.4 Å². The highest BCUT2D eigenvalue weighted by Crippen LogP contribution is 2.22. The van der Waals surface area contributed by atoms with Crippen LogP contribution in [0.4, 0.5) is 5.69 Å². The first-order valence-electron chi connectivity index (χ1n) is 4.64. The Bertz CT molecular complexity index is 638. The molecule has 2 aromatic rings. The topological polar surface area (TPSA) is 87.7 Å². The molecular weight excluding hydrogens is 264 g/mol. The molecule has 0 saturated heterocycles. The van der Waals surface area contributed by atoms with Crippen LogP contribution < -0.4 is 4.72 Å². The lowest BCUT2D eigenvalue weighted by Gasteiger charge is -2.07. The van der Waals surface area contributed by atoms with Crippen LogP contribution in [0, 0.1) is 6.92 Å². The smallest absolute Gasteiger partial charge is 0.265 e. The van der Waals surface area contributed by atoms with Gasteiger partial charge in [0.1, 0.15) is 4.90 Å². The Hall–Kier alpha value is -1.60. The maximum Gasteiger partial charge on any atom is 0.265 e. The molecule has 2 N–H and O–H groups in total. The van der Waals surface area contributed by atoms with Gasteiger partial charge in [-0.05, 0) is 19.1 Å². The minimum absolute atomic E-state index is 0.0809. The molecule has 0 unspecified atom stereocenters. The molecule has 90 valence electrons. The monoisotopic (exact) mass is 272 g/mol. The van der Waals surface area contributed by atoms with Crippen LogP contribution in [0.2, 0.25) is 5.15 Å². The first-order chi connectivity index (χ1) is 8.00. The highest BCUT2D eigenvalue weighted by Gasteiger charge is 2.19. The average molecular weight is 273 g/mol. The van der Waals surface area contributed by atoms with E-state index < -0.39 is 10.0 Å². The molecule has 8 heteroatoms. The third kappa shape index (κ3) is 2.40. The Balaban J connectivity index is 2.37. The highest BCUT2D eigenvalue weighted by atomic mass is 35.5. The van der Waals surface area contributed by atoms with Crippen LogP contribution in [0.5, 0.6) is 0 Å². The zero-order valence-corrected chi connectivity index (χ0v) is 10.4. The molecule has 0 spiro atoms. The second kappa shape index (κ2) is 4.34. The second-order valence-corrected chi connectivity index (χ2v) is 5.32. The fraction of sp³-hybridized carbons (Fsp3) is 0.111. The summed E-state index contributed by atoms with van der Waals surface area (Å²) in [5.41, 5.74) is 0.687. The van der Waals surface area contributed by atoms with Gasteiger partial charge in [-0.3, -0.25) is 9.82 Å². The van der Waals surface area contributed by atoms with Crippen LogP contribution in [0.25, 0.3) is 0 Å². The number of rotatable bonds is 3. The van der Waals surface area contributed by atoms with Crippen molar-refractivity contribution >= 4 is 27.3 Å². The van der Waals surface area contributed by atoms with E-state index in [2.05, 4.69) is 19.9 Å². The molecular formula is C9H9ClN4O2S. The maximum absolute atomic E-state index is 12.0. The Morgan fingerprint density at radius 1 is 1.47 bits per heavy atom. The molecule has 0 amide bonds. The largest absolute Gasteiger partial charge is 0.281 e. The van der Waals surface area contributed by atoms with Crippen LogP contribution in [-0.2, 0) is 10.0 Å². The van der Waals surface area contributed by atoms with Crippen LogP contribution in [0.3, 0.4) is 0 Å². The van der Waals surface area contributed by atoms with E-state index in [1.165, 1.54) is 18.5 Å². The van der Waals surface area contributed by atoms with Gasteiger partial charge in [-0.25, -0.2) is 13.4 Å². The normalized spacial score (nSPS) is 11.4. The van der Waals surface area contributed by atoms with E-state index in [0.717, 1.165) is 0 Å². The number of halogens is 1. The molecule has 0 aliphatic carbocycles. The van der Waals surface area contributed by atoms with E-state index in [9.17, 15) is 8.42 Å². The van der Waals surface area contributed by atoms with Crippen LogP contribution in [0.1, 0.15) is 5.69 Å². The summed E-state index contributed by atoms with van der Waals surface area (Å²) in [6, 6.07) is 3.12. The van der Waals surface area contributed by atoms with E-state index in [4.69, 9.17) is 11.6 Å². The minimum atomic E-state index is -3.69. The second-order valence-electron chi connectivity index (χ2n) is 3.31. The van der Waals surface area contributed by atoms with E-state index in [1.807, 2.05) is 0 Å². The number of hydrogen-bond donors (Lipinski definition) is 2. The van der Waals surface area contributed by atoms with Gasteiger partial charge in [-0.1, -0.05) is 11.6 Å². The van der Waals surface area contributed by atoms with Gasteiger partial charge in [0.2, 0.25) is 0 Å². The van der Waals surface area contributed by atoms with E-state index >= 15 is 0 Å². The summed E-state index contributed by atoms with van der Waals surface area (Å²) in [5.74, 6) is 0. The fourth-order valence-electron chi connectivity index (χ4n) is 1.27. The number of aromatic nitrogens is 3. The number of aryl methyl sites for hydroxylation is 1. The molecule has 2 rings (SSSR count). The summed E-state index contributed by atoms with van der Waals surface area (Å²) in [6.45, 7) is 1.62. The zero-order chi connectivity index (χ0) is 12.5. The van der Waals surface area contributed by atoms with Gasteiger partial charge in [0.15, 0.2) is 5.15 Å². The molecule has 0 fully saturated rings. The van der Waals surface area contributed by atoms with Gasteiger partial charge >= 0.3 is 0 Å². The van der Waals surface area contributed by atoms with Crippen molar-refractivity contribution in [2.24, 2.45) is 0 Å². The van der Waals surface area contributed by atoms with Crippen LogP contribution in [-0.4, -0.2) is 23.6 Å². The number of sulfonamides is 1. The Labute approximate surface area is 103 Å². The number of hydrogen-bond acceptors (Lipinski definition) is 4. The molecule has 0 saturated carbocycles. The lowest BCUT2D eigenvalue weighted by atomic mass is 10.4. The van der Waals surface area contributed by atoms with E-state index in [0.29, 0.717) is 5.69 Å². The predicted octanol–water partition coefficient (Wildman–Crippen LogP) is 1.57. The van der Waals surface area contributed by atoms with Gasteiger partial charge < -0.3 is 0 Å². The van der Waals surface area contributed by atoms with Gasteiger partial charge in [-0.15, -0.1) is 0 Å². The predicted molar refractivity (Wildman–Crippen MR) is 63.4 cm³/mol. The quantitative estimate of drug-likeness (QED) is 0.830. The third-order valence-electron chi connectivity index (χ3n) is 2.08. The molecule has 0 aromatic carbocycles. The van der Waals surface area contributed by atoms with Gasteiger partial charge in [0, 0.05) is 6.20 Å². The van der Waals surface area contributed by atoms with Crippen molar-refractivity contribution in [3.8, 4) is 0 Å². The molecule has 0 aliphatic heterocycles. The summed E-state index contributed by atoms with van der Waals surface area (Å²) in [4.78, 5) is 3.86. The summed E-state index contributed by atoms with van der Waals surface area (Å²) in [6.07, 6.45) is 2.71. The molecule has 0 bridgehead atoms. The van der Waals surface area contributed by atoms with Crippen molar-refractivity contribution in [1.29, 1.82) is 0 Å². The average Bonchev–Trinajstić information content (AvgIpc) is 2.68. The molecule has 6 nitrogen and oxygen atoms in total. The van der Waals surface area contributed by atoms with Crippen molar-refractivity contribution in [1.82, 2.24) is 15.2 Å². The van der Waals surface area contributed by atoms with E-state index in [-0.39, 0.29) is 15.7 Å². The Morgan fingerprint density at radius 3 is 2.82 bits per heavy atom. The fourth-order valence-corrected chi connectivity index (χ4v) is 2.70. The molecule has 0 aliphatic rings. The third-order valence-corrected chi connectivity index (χ3v) is 3.86. The lowest BCUT2D eigenvalue weighted by Crippen LogP contribution is -2.13. The number of anilines is 1. The van der Waals surface area contributed by atoms with Gasteiger partial charge in [-0.2, -0.15) is 5.10 Å². The molecule has 17 heavy (non-hydrogen) atoms. The van der Waals surface area contributed by atoms with Gasteiger partial charge in [0.05, 0.1) is 17.6 Å². The van der Waals surface area contributed by atoms with Gasteiger partial charge in [0.25, 0.3) is 10.0 Å². The first kappa shape index (κ1) is 11.9. The molecule has 2 aromatic heterocycles. The molecule has 0 radical (unpaired) electrons. The number of H-pyrrole nitrogens is 1. The van der Waals surface area contributed by atoms with Crippen LogP contribution >= 0.6 is 11.6 Å². The SMILES string of the molecule is Cc1[nH]ncc1S(=O)(=O)Nc1cccnc1Cl. The molecule has 0 atom stereocenters. The van der Waals surface area contributed by atoms with Crippen molar-refractivity contribution in [2.75, 3.05) is 4.72 Å². The zero-order valence-electron chi connectivity index (χ0n) is 8.81. The lowest BCUT2D eigenvalue weighted by molar-refractivity contribution is 0.600. The summed E-state index contributed by atoms with van der Waals surface area (Å²) < 4.78 is 26.3. The minimum Gasteiger partial charge on any atom is -0.281 e. The van der Waals surface area contributed by atoms with Crippen LogP contribution in [0.15, 0.2) is 29.4 Å². The van der Waals surface area contributed by atoms with Crippen molar-refractivity contribution in [2.45, 2.75) is 11.8 Å². The Kier molecular flexibility index (Phi) is 3.03. The molecule has 2 heterocycles. The highest BCUT2D eigenvalue weighted by molar-refractivity contribution is 7.92. The number of nitrogens with one attached hydrogen (secondary N) is 2. The van der Waals surface area contributed by atoms with E-state index in [1.54, 1.807) is 13.0 Å².